The topological polar surface area (TPSA) is 72.8 Å². The molecule has 3 N–H and O–H groups in total. The number of aliphatic hydroxyl groups is 2. The molecule has 0 aliphatic carbocycles. The Bertz CT molecular complexity index is 376. The smallest absolute Gasteiger partial charge is 0.224 e. The predicted octanol–water partition coefficient (Wildman–Crippen LogP) is 0.826. The van der Waals surface area contributed by atoms with Crippen molar-refractivity contribution in [1.82, 2.24) is 0 Å². The average molecular weight is 252 g/mol. The first-order chi connectivity index (χ1) is 8.71. The Labute approximate surface area is 107 Å². The largest absolute Gasteiger partial charge is 0.395 e. The summed E-state index contributed by atoms with van der Waals surface area (Å²) in [6.07, 6.45) is 0.432. The number of hydrogen-bond acceptors (Lipinski definition) is 4. The molecule has 0 bridgehead atoms. The Kier molecular flexibility index (Phi) is 6.18. The minimum absolute atomic E-state index is 0.0194. The minimum atomic E-state index is -0.0389. The van der Waals surface area contributed by atoms with Crippen LogP contribution in [0.25, 0.3) is 0 Å². The lowest BCUT2D eigenvalue weighted by molar-refractivity contribution is -0.115. The van der Waals surface area contributed by atoms with Crippen molar-refractivity contribution in [2.75, 3.05) is 36.5 Å². The highest BCUT2D eigenvalue weighted by molar-refractivity contribution is 5.90. The van der Waals surface area contributed by atoms with Gasteiger partial charge >= 0.3 is 0 Å². The molecule has 0 unspecified atom stereocenters. The van der Waals surface area contributed by atoms with Gasteiger partial charge in [-0.15, -0.1) is 0 Å². The van der Waals surface area contributed by atoms with Crippen molar-refractivity contribution in [2.45, 2.75) is 13.3 Å². The van der Waals surface area contributed by atoms with Crippen molar-refractivity contribution in [3.05, 3.63) is 24.3 Å². The molecule has 1 rings (SSSR count). The molecule has 5 heteroatoms. The van der Waals surface area contributed by atoms with Crippen molar-refractivity contribution >= 4 is 17.3 Å². The third-order valence-electron chi connectivity index (χ3n) is 2.56. The van der Waals surface area contributed by atoms with Gasteiger partial charge in [-0.2, -0.15) is 0 Å². The number of nitrogens with zero attached hydrogens (tertiary/aromatic N) is 1. The Morgan fingerprint density at radius 2 is 1.94 bits per heavy atom. The van der Waals surface area contributed by atoms with Crippen LogP contribution in [0.5, 0.6) is 0 Å². The standard InChI is InChI=1S/C13H20N2O3/c1-2-13(18)14-11-4-3-5-12(10-11)15(6-8-16)7-9-17/h3-5,10,16-17H,2,6-9H2,1H3,(H,14,18). The van der Waals surface area contributed by atoms with E-state index in [2.05, 4.69) is 5.32 Å². The van der Waals surface area contributed by atoms with Crippen LogP contribution in [-0.2, 0) is 4.79 Å². The van der Waals surface area contributed by atoms with E-state index in [1.807, 2.05) is 29.2 Å². The van der Waals surface area contributed by atoms with Gasteiger partial charge in [-0.3, -0.25) is 4.79 Å². The fourth-order valence-corrected chi connectivity index (χ4v) is 1.64. The Morgan fingerprint density at radius 1 is 1.28 bits per heavy atom. The van der Waals surface area contributed by atoms with E-state index in [9.17, 15) is 4.79 Å². The Morgan fingerprint density at radius 3 is 2.50 bits per heavy atom. The second-order valence-electron chi connectivity index (χ2n) is 3.89. The van der Waals surface area contributed by atoms with Crippen LogP contribution in [0.1, 0.15) is 13.3 Å². The summed E-state index contributed by atoms with van der Waals surface area (Å²) in [7, 11) is 0. The maximum atomic E-state index is 11.3. The van der Waals surface area contributed by atoms with Crippen molar-refractivity contribution in [1.29, 1.82) is 0 Å². The van der Waals surface area contributed by atoms with Gasteiger partial charge in [0.25, 0.3) is 0 Å². The highest BCUT2D eigenvalue weighted by atomic mass is 16.3. The molecule has 0 fully saturated rings. The van der Waals surface area contributed by atoms with Crippen LogP contribution in [-0.4, -0.2) is 42.4 Å². The highest BCUT2D eigenvalue weighted by Crippen LogP contribution is 2.19. The number of carbonyl (C=O) groups excluding carboxylic acids is 1. The van der Waals surface area contributed by atoms with Gasteiger partial charge in [-0.25, -0.2) is 0 Å². The van der Waals surface area contributed by atoms with Gasteiger partial charge in [0.2, 0.25) is 5.91 Å². The number of anilines is 2. The molecule has 100 valence electrons. The third-order valence-corrected chi connectivity index (χ3v) is 2.56. The summed E-state index contributed by atoms with van der Waals surface area (Å²) in [5.41, 5.74) is 1.59. The Balaban J connectivity index is 2.81. The van der Waals surface area contributed by atoms with Crippen molar-refractivity contribution in [3.8, 4) is 0 Å². The quantitative estimate of drug-likeness (QED) is 0.672. The van der Waals surface area contributed by atoms with Gasteiger partial charge in [0.05, 0.1) is 13.2 Å². The molecule has 0 aliphatic rings. The summed E-state index contributed by atoms with van der Waals surface area (Å²) in [5.74, 6) is -0.0389. The van der Waals surface area contributed by atoms with Crippen LogP contribution in [0, 0.1) is 0 Å². The molecule has 0 atom stereocenters. The maximum absolute atomic E-state index is 11.3. The lowest BCUT2D eigenvalue weighted by Crippen LogP contribution is -2.29. The molecular formula is C13H20N2O3. The molecule has 1 aromatic rings. The van der Waals surface area contributed by atoms with Crippen molar-refractivity contribution < 1.29 is 15.0 Å². The third kappa shape index (κ3) is 4.35. The van der Waals surface area contributed by atoms with Gasteiger partial charge in [0.1, 0.15) is 0 Å². The fraction of sp³-hybridized carbons (Fsp3) is 0.462. The minimum Gasteiger partial charge on any atom is -0.395 e. The van der Waals surface area contributed by atoms with Crippen molar-refractivity contribution in [2.24, 2.45) is 0 Å². The van der Waals surface area contributed by atoms with Gasteiger partial charge in [-0.1, -0.05) is 13.0 Å². The van der Waals surface area contributed by atoms with Gasteiger partial charge < -0.3 is 20.4 Å². The van der Waals surface area contributed by atoms with E-state index in [1.54, 1.807) is 6.92 Å². The summed E-state index contributed by atoms with van der Waals surface area (Å²) >= 11 is 0. The number of rotatable bonds is 7. The first-order valence-corrected chi connectivity index (χ1v) is 6.07. The molecule has 5 nitrogen and oxygen atoms in total. The van der Waals surface area contributed by atoms with E-state index < -0.39 is 0 Å². The molecule has 0 heterocycles. The molecule has 0 aromatic heterocycles. The zero-order chi connectivity index (χ0) is 13.4. The van der Waals surface area contributed by atoms with Crippen molar-refractivity contribution in [3.63, 3.8) is 0 Å². The lowest BCUT2D eigenvalue weighted by atomic mass is 10.2. The average Bonchev–Trinajstić information content (AvgIpc) is 2.38. The molecule has 0 saturated heterocycles. The first kappa shape index (κ1) is 14.5. The maximum Gasteiger partial charge on any atom is 0.224 e. The number of carbonyl (C=O) groups is 1. The number of amides is 1. The van der Waals surface area contributed by atoms with Gasteiger partial charge in [-0.05, 0) is 18.2 Å². The number of hydrogen-bond donors (Lipinski definition) is 3. The molecule has 0 saturated carbocycles. The number of nitrogens with one attached hydrogen (secondary N) is 1. The molecule has 0 radical (unpaired) electrons. The molecule has 1 aromatic carbocycles. The Hall–Kier alpha value is -1.59. The zero-order valence-corrected chi connectivity index (χ0v) is 10.6. The zero-order valence-electron chi connectivity index (χ0n) is 10.6. The molecule has 0 spiro atoms. The SMILES string of the molecule is CCC(=O)Nc1cccc(N(CCO)CCO)c1. The highest BCUT2D eigenvalue weighted by Gasteiger charge is 2.06. The van der Waals surface area contributed by atoms with Gasteiger partial charge in [0.15, 0.2) is 0 Å². The monoisotopic (exact) mass is 252 g/mol. The molecule has 18 heavy (non-hydrogen) atoms. The van der Waals surface area contributed by atoms with Crippen LogP contribution in [0.15, 0.2) is 24.3 Å². The van der Waals surface area contributed by atoms with E-state index in [0.29, 0.717) is 19.5 Å². The molecule has 0 aliphatic heterocycles. The summed E-state index contributed by atoms with van der Waals surface area (Å²) in [5, 5.41) is 20.7. The summed E-state index contributed by atoms with van der Waals surface area (Å²) in [4.78, 5) is 13.2. The molecule has 1 amide bonds. The summed E-state index contributed by atoms with van der Waals surface area (Å²) in [6.45, 7) is 2.73. The number of benzene rings is 1. The summed E-state index contributed by atoms with van der Waals surface area (Å²) in [6, 6.07) is 7.36. The number of aliphatic hydroxyl groups excluding tert-OH is 2. The van der Waals surface area contributed by atoms with Crippen LogP contribution in [0.2, 0.25) is 0 Å². The van der Waals surface area contributed by atoms with Crippen LogP contribution in [0.4, 0.5) is 11.4 Å². The normalized spacial score (nSPS) is 10.2. The fourth-order valence-electron chi connectivity index (χ4n) is 1.64. The first-order valence-electron chi connectivity index (χ1n) is 6.07. The van der Waals surface area contributed by atoms with E-state index in [4.69, 9.17) is 10.2 Å². The van der Waals surface area contributed by atoms with E-state index in [1.165, 1.54) is 0 Å². The predicted molar refractivity (Wildman–Crippen MR) is 71.7 cm³/mol. The second-order valence-corrected chi connectivity index (χ2v) is 3.89. The van der Waals surface area contributed by atoms with Crippen LogP contribution >= 0.6 is 0 Å². The van der Waals surface area contributed by atoms with E-state index >= 15 is 0 Å². The lowest BCUT2D eigenvalue weighted by Gasteiger charge is -2.23. The van der Waals surface area contributed by atoms with E-state index in [-0.39, 0.29) is 19.1 Å². The van der Waals surface area contributed by atoms with E-state index in [0.717, 1.165) is 11.4 Å². The van der Waals surface area contributed by atoms with Crippen LogP contribution < -0.4 is 10.2 Å². The molecular weight excluding hydrogens is 232 g/mol. The van der Waals surface area contributed by atoms with Crippen LogP contribution in [0.3, 0.4) is 0 Å². The second kappa shape index (κ2) is 7.68. The summed E-state index contributed by atoms with van der Waals surface area (Å²) < 4.78 is 0. The van der Waals surface area contributed by atoms with Gasteiger partial charge in [0, 0.05) is 30.9 Å².